The van der Waals surface area contributed by atoms with E-state index in [1.165, 1.54) is 26.8 Å². The fourth-order valence-corrected chi connectivity index (χ4v) is 1.88. The summed E-state index contributed by atoms with van der Waals surface area (Å²) in [5.41, 5.74) is 0. The number of hydrogen-bond donors (Lipinski definition) is 0. The number of hydrogen-bond acceptors (Lipinski definition) is 8. The molecule has 1 aliphatic rings. The second-order valence-corrected chi connectivity index (χ2v) is 5.23. The van der Waals surface area contributed by atoms with Gasteiger partial charge in [-0.15, -0.1) is 0 Å². The Morgan fingerprint density at radius 3 is 2.26 bits per heavy atom. The molecule has 0 aromatic heterocycles. The van der Waals surface area contributed by atoms with Crippen LogP contribution >= 0.6 is 0 Å². The minimum Gasteiger partial charge on any atom is -0.463 e. The Hall–Kier alpha value is -1.93. The van der Waals surface area contributed by atoms with Gasteiger partial charge in [-0.25, -0.2) is 0 Å². The maximum Gasteiger partial charge on any atom is 0.307 e. The number of esters is 3. The van der Waals surface area contributed by atoms with Crippen LogP contribution in [-0.2, 0) is 38.1 Å². The molecule has 130 valence electrons. The molecule has 0 radical (unpaired) electrons. The van der Waals surface area contributed by atoms with Crippen LogP contribution in [0.3, 0.4) is 0 Å². The van der Waals surface area contributed by atoms with Gasteiger partial charge in [-0.1, -0.05) is 0 Å². The van der Waals surface area contributed by atoms with Crippen molar-refractivity contribution < 1.29 is 38.1 Å². The van der Waals surface area contributed by atoms with Gasteiger partial charge in [-0.3, -0.25) is 14.4 Å². The van der Waals surface area contributed by atoms with E-state index in [2.05, 4.69) is 0 Å². The van der Waals surface area contributed by atoms with Gasteiger partial charge >= 0.3 is 17.9 Å². The molecule has 0 N–H and O–H groups in total. The standard InChI is InChI=1S/C15H22O8/c1-8(2)20-15-13(22-11(5)18)6-12(21-10(4)17)14(23-15)7-19-9(3)16/h6,8,12,14-15H,7H2,1-5H3/t12-,14+,15-/m0/s1. The van der Waals surface area contributed by atoms with Gasteiger partial charge < -0.3 is 23.7 Å². The molecule has 23 heavy (non-hydrogen) atoms. The van der Waals surface area contributed by atoms with Crippen molar-refractivity contribution in [2.45, 2.75) is 59.2 Å². The second kappa shape index (κ2) is 8.64. The van der Waals surface area contributed by atoms with Gasteiger partial charge in [0.25, 0.3) is 0 Å². The number of rotatable bonds is 6. The molecule has 0 bridgehead atoms. The molecule has 1 heterocycles. The Bertz CT molecular complexity index is 482. The summed E-state index contributed by atoms with van der Waals surface area (Å²) in [6.07, 6.45) is -1.39. The lowest BCUT2D eigenvalue weighted by Crippen LogP contribution is -2.45. The normalized spacial score (nSPS) is 23.9. The summed E-state index contributed by atoms with van der Waals surface area (Å²) in [4.78, 5) is 33.4. The third kappa shape index (κ3) is 6.79. The molecule has 0 aromatic rings. The molecule has 1 rings (SSSR count). The zero-order chi connectivity index (χ0) is 17.6. The largest absolute Gasteiger partial charge is 0.463 e. The molecule has 0 amide bonds. The smallest absolute Gasteiger partial charge is 0.307 e. The summed E-state index contributed by atoms with van der Waals surface area (Å²) in [5.74, 6) is -1.51. The predicted octanol–water partition coefficient (Wildman–Crippen LogP) is 1.08. The molecule has 8 nitrogen and oxygen atoms in total. The van der Waals surface area contributed by atoms with Crippen molar-refractivity contribution in [3.05, 3.63) is 11.8 Å². The summed E-state index contributed by atoms with van der Waals surface area (Å²) in [6, 6.07) is 0. The fraction of sp³-hybridized carbons (Fsp3) is 0.667. The molecule has 0 saturated heterocycles. The zero-order valence-electron chi connectivity index (χ0n) is 13.9. The lowest BCUT2D eigenvalue weighted by molar-refractivity contribution is -0.224. The zero-order valence-corrected chi connectivity index (χ0v) is 13.9. The van der Waals surface area contributed by atoms with Crippen molar-refractivity contribution in [3.8, 4) is 0 Å². The lowest BCUT2D eigenvalue weighted by Gasteiger charge is -2.34. The Morgan fingerprint density at radius 1 is 1.13 bits per heavy atom. The topological polar surface area (TPSA) is 97.4 Å². The number of carbonyl (C=O) groups excluding carboxylic acids is 3. The third-order valence-electron chi connectivity index (χ3n) is 2.64. The lowest BCUT2D eigenvalue weighted by atomic mass is 10.1. The van der Waals surface area contributed by atoms with Crippen LogP contribution in [0, 0.1) is 0 Å². The molecular weight excluding hydrogens is 308 g/mol. The molecule has 8 heteroatoms. The first-order valence-electron chi connectivity index (χ1n) is 7.20. The van der Waals surface area contributed by atoms with E-state index in [4.69, 9.17) is 23.7 Å². The van der Waals surface area contributed by atoms with E-state index in [9.17, 15) is 14.4 Å². The highest BCUT2D eigenvalue weighted by Crippen LogP contribution is 2.25. The van der Waals surface area contributed by atoms with Crippen molar-refractivity contribution in [1.82, 2.24) is 0 Å². The van der Waals surface area contributed by atoms with Gasteiger partial charge in [0.1, 0.15) is 12.7 Å². The summed E-state index contributed by atoms with van der Waals surface area (Å²) in [6.45, 7) is 7.17. The van der Waals surface area contributed by atoms with E-state index in [0.717, 1.165) is 0 Å². The van der Waals surface area contributed by atoms with E-state index >= 15 is 0 Å². The summed E-state index contributed by atoms with van der Waals surface area (Å²) >= 11 is 0. The van der Waals surface area contributed by atoms with Gasteiger partial charge in [0.05, 0.1) is 6.10 Å². The first kappa shape index (κ1) is 19.1. The molecule has 3 atom stereocenters. The fourth-order valence-electron chi connectivity index (χ4n) is 1.88. The predicted molar refractivity (Wildman–Crippen MR) is 76.9 cm³/mol. The van der Waals surface area contributed by atoms with Gasteiger partial charge in [0, 0.05) is 26.8 Å². The van der Waals surface area contributed by atoms with Crippen LogP contribution in [0.25, 0.3) is 0 Å². The summed E-state index contributed by atoms with van der Waals surface area (Å²) in [5, 5.41) is 0. The van der Waals surface area contributed by atoms with Crippen molar-refractivity contribution in [3.63, 3.8) is 0 Å². The molecule has 0 aromatic carbocycles. The molecule has 0 saturated carbocycles. The van der Waals surface area contributed by atoms with E-state index in [1.54, 1.807) is 13.8 Å². The molecule has 0 fully saturated rings. The minimum atomic E-state index is -0.966. The monoisotopic (exact) mass is 330 g/mol. The van der Waals surface area contributed by atoms with Crippen molar-refractivity contribution in [1.29, 1.82) is 0 Å². The Balaban J connectivity index is 3.00. The second-order valence-electron chi connectivity index (χ2n) is 5.23. The van der Waals surface area contributed by atoms with Crippen molar-refractivity contribution >= 4 is 17.9 Å². The Labute approximate surface area is 134 Å². The average molecular weight is 330 g/mol. The van der Waals surface area contributed by atoms with Crippen LogP contribution in [-0.4, -0.2) is 49.1 Å². The van der Waals surface area contributed by atoms with Gasteiger partial charge in [0.2, 0.25) is 6.29 Å². The molecular formula is C15H22O8. The minimum absolute atomic E-state index is 0.0940. The Kier molecular flexibility index (Phi) is 7.18. The third-order valence-corrected chi connectivity index (χ3v) is 2.64. The average Bonchev–Trinajstić information content (AvgIpc) is 2.38. The maximum absolute atomic E-state index is 11.2. The van der Waals surface area contributed by atoms with Gasteiger partial charge in [-0.05, 0) is 13.8 Å². The van der Waals surface area contributed by atoms with Gasteiger partial charge in [0.15, 0.2) is 11.9 Å². The van der Waals surface area contributed by atoms with E-state index in [0.29, 0.717) is 0 Å². The molecule has 1 aliphatic heterocycles. The number of ether oxygens (including phenoxy) is 5. The van der Waals surface area contributed by atoms with E-state index in [1.807, 2.05) is 0 Å². The highest BCUT2D eigenvalue weighted by Gasteiger charge is 2.37. The first-order valence-corrected chi connectivity index (χ1v) is 7.20. The summed E-state index contributed by atoms with van der Waals surface area (Å²) in [7, 11) is 0. The van der Waals surface area contributed by atoms with Crippen LogP contribution in [0.4, 0.5) is 0 Å². The van der Waals surface area contributed by atoms with Gasteiger partial charge in [-0.2, -0.15) is 0 Å². The van der Waals surface area contributed by atoms with Crippen molar-refractivity contribution in [2.75, 3.05) is 6.61 Å². The molecule has 0 aliphatic carbocycles. The van der Waals surface area contributed by atoms with Crippen LogP contribution < -0.4 is 0 Å². The van der Waals surface area contributed by atoms with Crippen LogP contribution in [0.5, 0.6) is 0 Å². The molecule has 0 unspecified atom stereocenters. The van der Waals surface area contributed by atoms with Crippen LogP contribution in [0.2, 0.25) is 0 Å². The van der Waals surface area contributed by atoms with E-state index in [-0.39, 0.29) is 18.5 Å². The highest BCUT2D eigenvalue weighted by atomic mass is 16.7. The first-order chi connectivity index (χ1) is 10.7. The summed E-state index contributed by atoms with van der Waals surface area (Å²) < 4.78 is 26.3. The quantitative estimate of drug-likeness (QED) is 0.527. The van der Waals surface area contributed by atoms with E-state index < -0.39 is 36.4 Å². The Morgan fingerprint density at radius 2 is 1.78 bits per heavy atom. The highest BCUT2D eigenvalue weighted by molar-refractivity contribution is 5.68. The SMILES string of the molecule is CC(=O)OC[C@H]1O[C@H](OC(C)C)C(OC(C)=O)=C[C@@H]1OC(C)=O. The van der Waals surface area contributed by atoms with Crippen LogP contribution in [0.15, 0.2) is 11.8 Å². The maximum atomic E-state index is 11.2. The number of carbonyl (C=O) groups is 3. The molecule has 0 spiro atoms. The van der Waals surface area contributed by atoms with Crippen molar-refractivity contribution in [2.24, 2.45) is 0 Å². The van der Waals surface area contributed by atoms with Crippen LogP contribution in [0.1, 0.15) is 34.6 Å².